The summed E-state index contributed by atoms with van der Waals surface area (Å²) in [5, 5.41) is 4.25. The predicted molar refractivity (Wildman–Crippen MR) is 71.7 cm³/mol. The van der Waals surface area contributed by atoms with Crippen LogP contribution in [-0.4, -0.2) is 16.5 Å². The SMILES string of the molecule is CCNc1nccc(-c2cc(Cl)cc(Cl)c2)n1. The first-order valence-corrected chi connectivity index (χ1v) is 5.98. The number of hydrogen-bond donors (Lipinski definition) is 1. The summed E-state index contributed by atoms with van der Waals surface area (Å²) in [5.41, 5.74) is 1.67. The minimum Gasteiger partial charge on any atom is -0.354 e. The normalized spacial score (nSPS) is 10.3. The van der Waals surface area contributed by atoms with E-state index in [9.17, 15) is 0 Å². The van der Waals surface area contributed by atoms with Gasteiger partial charge in [-0.1, -0.05) is 23.2 Å². The molecule has 88 valence electrons. The van der Waals surface area contributed by atoms with Crippen LogP contribution in [0.2, 0.25) is 10.0 Å². The van der Waals surface area contributed by atoms with E-state index in [2.05, 4.69) is 15.3 Å². The average Bonchev–Trinajstić information content (AvgIpc) is 2.28. The minimum atomic E-state index is 0.594. The van der Waals surface area contributed by atoms with E-state index in [1.165, 1.54) is 0 Å². The number of anilines is 1. The van der Waals surface area contributed by atoms with Crippen molar-refractivity contribution in [1.82, 2.24) is 9.97 Å². The third-order valence-corrected chi connectivity index (χ3v) is 2.59. The molecule has 0 amide bonds. The Bertz CT molecular complexity index is 509. The molecule has 0 atom stereocenters. The highest BCUT2D eigenvalue weighted by Crippen LogP contribution is 2.26. The van der Waals surface area contributed by atoms with Crippen LogP contribution < -0.4 is 5.32 Å². The maximum absolute atomic E-state index is 5.96. The van der Waals surface area contributed by atoms with Crippen molar-refractivity contribution in [2.24, 2.45) is 0 Å². The number of rotatable bonds is 3. The Morgan fingerprint density at radius 2 is 1.88 bits per heavy atom. The van der Waals surface area contributed by atoms with Crippen LogP contribution in [0.25, 0.3) is 11.3 Å². The second-order valence-electron chi connectivity index (χ2n) is 3.45. The van der Waals surface area contributed by atoms with E-state index in [4.69, 9.17) is 23.2 Å². The Labute approximate surface area is 110 Å². The van der Waals surface area contributed by atoms with Gasteiger partial charge in [0.05, 0.1) is 5.69 Å². The lowest BCUT2D eigenvalue weighted by Gasteiger charge is -2.05. The lowest BCUT2D eigenvalue weighted by atomic mass is 10.1. The Morgan fingerprint density at radius 1 is 1.18 bits per heavy atom. The third kappa shape index (κ3) is 3.08. The van der Waals surface area contributed by atoms with Gasteiger partial charge in [-0.05, 0) is 31.2 Å². The second-order valence-corrected chi connectivity index (χ2v) is 4.33. The van der Waals surface area contributed by atoms with Gasteiger partial charge in [0.25, 0.3) is 0 Å². The number of nitrogens with one attached hydrogen (secondary N) is 1. The molecule has 0 bridgehead atoms. The van der Waals surface area contributed by atoms with E-state index >= 15 is 0 Å². The molecule has 0 spiro atoms. The molecule has 0 saturated carbocycles. The fourth-order valence-electron chi connectivity index (χ4n) is 1.46. The maximum Gasteiger partial charge on any atom is 0.223 e. The summed E-state index contributed by atoms with van der Waals surface area (Å²) in [5.74, 6) is 0.598. The quantitative estimate of drug-likeness (QED) is 0.917. The van der Waals surface area contributed by atoms with Gasteiger partial charge < -0.3 is 5.32 Å². The molecule has 2 rings (SSSR count). The van der Waals surface area contributed by atoms with E-state index < -0.39 is 0 Å². The Morgan fingerprint density at radius 3 is 2.53 bits per heavy atom. The lowest BCUT2D eigenvalue weighted by molar-refractivity contribution is 1.09. The Hall–Kier alpha value is -1.32. The molecule has 0 unspecified atom stereocenters. The predicted octanol–water partition coefficient (Wildman–Crippen LogP) is 3.88. The van der Waals surface area contributed by atoms with E-state index in [1.807, 2.05) is 25.1 Å². The van der Waals surface area contributed by atoms with Crippen LogP contribution in [0.1, 0.15) is 6.92 Å². The van der Waals surface area contributed by atoms with Gasteiger partial charge in [0.2, 0.25) is 5.95 Å². The number of benzene rings is 1. The topological polar surface area (TPSA) is 37.8 Å². The summed E-state index contributed by atoms with van der Waals surface area (Å²) in [6.45, 7) is 2.77. The number of aromatic nitrogens is 2. The zero-order chi connectivity index (χ0) is 12.3. The summed E-state index contributed by atoms with van der Waals surface area (Å²) in [4.78, 5) is 8.49. The first kappa shape index (κ1) is 12.1. The molecule has 1 N–H and O–H groups in total. The third-order valence-electron chi connectivity index (χ3n) is 2.15. The molecule has 17 heavy (non-hydrogen) atoms. The van der Waals surface area contributed by atoms with Crippen molar-refractivity contribution in [3.05, 3.63) is 40.5 Å². The van der Waals surface area contributed by atoms with Crippen molar-refractivity contribution in [3.63, 3.8) is 0 Å². The molecule has 0 radical (unpaired) electrons. The average molecular weight is 268 g/mol. The molecule has 1 heterocycles. The van der Waals surface area contributed by atoms with Gasteiger partial charge in [-0.2, -0.15) is 0 Å². The van der Waals surface area contributed by atoms with Gasteiger partial charge in [-0.15, -0.1) is 0 Å². The van der Waals surface area contributed by atoms with Crippen molar-refractivity contribution in [2.75, 3.05) is 11.9 Å². The first-order valence-electron chi connectivity index (χ1n) is 5.22. The molecule has 3 nitrogen and oxygen atoms in total. The summed E-state index contributed by atoms with van der Waals surface area (Å²) >= 11 is 11.9. The van der Waals surface area contributed by atoms with Crippen molar-refractivity contribution >= 4 is 29.2 Å². The maximum atomic E-state index is 5.96. The van der Waals surface area contributed by atoms with Crippen LogP contribution in [0.4, 0.5) is 5.95 Å². The minimum absolute atomic E-state index is 0.594. The van der Waals surface area contributed by atoms with Gasteiger partial charge >= 0.3 is 0 Å². The summed E-state index contributed by atoms with van der Waals surface area (Å²) in [6.07, 6.45) is 1.70. The molecule has 2 aromatic rings. The van der Waals surface area contributed by atoms with E-state index in [1.54, 1.807) is 12.3 Å². The lowest BCUT2D eigenvalue weighted by Crippen LogP contribution is -2.02. The van der Waals surface area contributed by atoms with Gasteiger partial charge in [0.1, 0.15) is 0 Å². The monoisotopic (exact) mass is 267 g/mol. The van der Waals surface area contributed by atoms with E-state index in [-0.39, 0.29) is 0 Å². The molecule has 5 heteroatoms. The fourth-order valence-corrected chi connectivity index (χ4v) is 1.99. The van der Waals surface area contributed by atoms with Gasteiger partial charge in [0, 0.05) is 28.4 Å². The highest BCUT2D eigenvalue weighted by atomic mass is 35.5. The highest BCUT2D eigenvalue weighted by Gasteiger charge is 2.04. The highest BCUT2D eigenvalue weighted by molar-refractivity contribution is 6.35. The zero-order valence-corrected chi connectivity index (χ0v) is 10.8. The van der Waals surface area contributed by atoms with Crippen molar-refractivity contribution in [3.8, 4) is 11.3 Å². The van der Waals surface area contributed by atoms with Crippen molar-refractivity contribution in [2.45, 2.75) is 6.92 Å². The van der Waals surface area contributed by atoms with Gasteiger partial charge in [-0.25, -0.2) is 9.97 Å². The molecule has 0 fully saturated rings. The van der Waals surface area contributed by atoms with Crippen LogP contribution in [0, 0.1) is 0 Å². The summed E-state index contributed by atoms with van der Waals surface area (Å²) in [6, 6.07) is 7.17. The smallest absolute Gasteiger partial charge is 0.223 e. The Balaban J connectivity index is 2.41. The molecule has 1 aromatic heterocycles. The molecule has 0 saturated heterocycles. The van der Waals surface area contributed by atoms with Crippen LogP contribution in [0.5, 0.6) is 0 Å². The second kappa shape index (κ2) is 5.34. The largest absolute Gasteiger partial charge is 0.354 e. The van der Waals surface area contributed by atoms with E-state index in [0.29, 0.717) is 16.0 Å². The van der Waals surface area contributed by atoms with Crippen molar-refractivity contribution in [1.29, 1.82) is 0 Å². The van der Waals surface area contributed by atoms with Crippen LogP contribution in [0.3, 0.4) is 0 Å². The Kier molecular flexibility index (Phi) is 3.82. The molecule has 1 aromatic carbocycles. The molecule has 0 aliphatic carbocycles. The van der Waals surface area contributed by atoms with Crippen LogP contribution >= 0.6 is 23.2 Å². The summed E-state index contributed by atoms with van der Waals surface area (Å²) in [7, 11) is 0. The van der Waals surface area contributed by atoms with Crippen LogP contribution in [0.15, 0.2) is 30.5 Å². The molecule has 0 aliphatic heterocycles. The van der Waals surface area contributed by atoms with Gasteiger partial charge in [0.15, 0.2) is 0 Å². The molecular weight excluding hydrogens is 257 g/mol. The number of nitrogens with zero attached hydrogens (tertiary/aromatic N) is 2. The number of hydrogen-bond acceptors (Lipinski definition) is 3. The van der Waals surface area contributed by atoms with Gasteiger partial charge in [-0.3, -0.25) is 0 Å². The first-order chi connectivity index (χ1) is 8.19. The summed E-state index contributed by atoms with van der Waals surface area (Å²) < 4.78 is 0. The van der Waals surface area contributed by atoms with Crippen molar-refractivity contribution < 1.29 is 0 Å². The van der Waals surface area contributed by atoms with E-state index in [0.717, 1.165) is 17.8 Å². The molecular formula is C12H11Cl2N3. The standard InChI is InChI=1S/C12H11Cl2N3/c1-2-15-12-16-4-3-11(17-12)8-5-9(13)7-10(14)6-8/h3-7H,2H2,1H3,(H,15,16,17). The zero-order valence-electron chi connectivity index (χ0n) is 9.24. The van der Waals surface area contributed by atoms with Crippen LogP contribution in [-0.2, 0) is 0 Å². The number of halogens is 2. The fraction of sp³-hybridized carbons (Fsp3) is 0.167. The molecule has 0 aliphatic rings.